The quantitative estimate of drug-likeness (QED) is 0.874. The van der Waals surface area contributed by atoms with Gasteiger partial charge in [0, 0.05) is 39.3 Å². The van der Waals surface area contributed by atoms with Crippen LogP contribution in [0.1, 0.15) is 41.8 Å². The second-order valence-corrected chi connectivity index (χ2v) is 6.87. The Labute approximate surface area is 148 Å². The molecule has 1 aromatic heterocycles. The molecule has 0 atom stereocenters. The molecule has 0 aromatic carbocycles. The minimum absolute atomic E-state index is 0.0260. The summed E-state index contributed by atoms with van der Waals surface area (Å²) >= 11 is 0. The second kappa shape index (κ2) is 8.49. The van der Waals surface area contributed by atoms with Crippen molar-refractivity contribution >= 4 is 11.8 Å². The predicted octanol–water partition coefficient (Wildman–Crippen LogP) is 0.899. The first-order chi connectivity index (χ1) is 12.2. The van der Waals surface area contributed by atoms with E-state index in [2.05, 4.69) is 4.90 Å². The zero-order valence-corrected chi connectivity index (χ0v) is 14.8. The van der Waals surface area contributed by atoms with Gasteiger partial charge in [0.2, 0.25) is 5.91 Å². The van der Waals surface area contributed by atoms with Crippen molar-refractivity contribution in [3.63, 3.8) is 0 Å². The highest BCUT2D eigenvalue weighted by Crippen LogP contribution is 2.14. The van der Waals surface area contributed by atoms with Crippen LogP contribution in [0.2, 0.25) is 0 Å². The first-order valence-corrected chi connectivity index (χ1v) is 9.24. The highest BCUT2D eigenvalue weighted by Gasteiger charge is 2.25. The molecule has 0 saturated carbocycles. The number of carbonyl (C=O) groups excluding carboxylic acids is 2. The zero-order valence-electron chi connectivity index (χ0n) is 14.8. The van der Waals surface area contributed by atoms with E-state index >= 15 is 0 Å². The summed E-state index contributed by atoms with van der Waals surface area (Å²) in [5, 5.41) is 0. The van der Waals surface area contributed by atoms with Gasteiger partial charge < -0.3 is 20.0 Å². The van der Waals surface area contributed by atoms with Gasteiger partial charge in [0.05, 0.1) is 18.7 Å². The maximum Gasteiger partial charge on any atom is 0.257 e. The van der Waals surface area contributed by atoms with Crippen molar-refractivity contribution in [2.75, 3.05) is 45.8 Å². The SMILES string of the molecule is NCc1cc(C(=O)N2CCN(CC(=O)N3CCCCCC3)CC2)co1. The van der Waals surface area contributed by atoms with Gasteiger partial charge in [0.25, 0.3) is 5.91 Å². The molecule has 2 aliphatic rings. The van der Waals surface area contributed by atoms with E-state index in [0.717, 1.165) is 39.0 Å². The van der Waals surface area contributed by atoms with Gasteiger partial charge in [-0.15, -0.1) is 0 Å². The number of hydrogen-bond donors (Lipinski definition) is 1. The molecule has 3 rings (SSSR count). The average Bonchev–Trinajstić information content (AvgIpc) is 2.95. The summed E-state index contributed by atoms with van der Waals surface area (Å²) in [6.07, 6.45) is 6.15. The second-order valence-electron chi connectivity index (χ2n) is 6.87. The zero-order chi connectivity index (χ0) is 17.6. The molecule has 0 spiro atoms. The first kappa shape index (κ1) is 17.9. The van der Waals surface area contributed by atoms with E-state index in [0.29, 0.717) is 37.5 Å². The van der Waals surface area contributed by atoms with Gasteiger partial charge in [-0.25, -0.2) is 0 Å². The van der Waals surface area contributed by atoms with Crippen LogP contribution in [0.25, 0.3) is 0 Å². The van der Waals surface area contributed by atoms with Crippen molar-refractivity contribution in [3.8, 4) is 0 Å². The maximum atomic E-state index is 12.5. The van der Waals surface area contributed by atoms with Gasteiger partial charge in [-0.2, -0.15) is 0 Å². The van der Waals surface area contributed by atoms with Crippen molar-refractivity contribution in [1.82, 2.24) is 14.7 Å². The van der Waals surface area contributed by atoms with Crippen LogP contribution < -0.4 is 5.73 Å². The molecule has 2 N–H and O–H groups in total. The molecular formula is C18H28N4O3. The number of piperazine rings is 1. The molecule has 2 fully saturated rings. The van der Waals surface area contributed by atoms with Gasteiger partial charge in [0.15, 0.2) is 0 Å². The Morgan fingerprint density at radius 3 is 2.24 bits per heavy atom. The van der Waals surface area contributed by atoms with Gasteiger partial charge in [-0.3, -0.25) is 14.5 Å². The Morgan fingerprint density at radius 1 is 0.960 bits per heavy atom. The molecule has 25 heavy (non-hydrogen) atoms. The van der Waals surface area contributed by atoms with Crippen LogP contribution in [0.15, 0.2) is 16.7 Å². The van der Waals surface area contributed by atoms with Crippen molar-refractivity contribution in [2.45, 2.75) is 32.2 Å². The molecule has 7 nitrogen and oxygen atoms in total. The van der Waals surface area contributed by atoms with E-state index < -0.39 is 0 Å². The smallest absolute Gasteiger partial charge is 0.257 e. The third-order valence-corrected chi connectivity index (χ3v) is 5.08. The average molecular weight is 348 g/mol. The molecule has 0 radical (unpaired) electrons. The van der Waals surface area contributed by atoms with Crippen LogP contribution in [-0.4, -0.2) is 72.3 Å². The minimum Gasteiger partial charge on any atom is -0.467 e. The number of nitrogens with two attached hydrogens (primary N) is 1. The Morgan fingerprint density at radius 2 is 1.64 bits per heavy atom. The van der Waals surface area contributed by atoms with Crippen molar-refractivity contribution in [2.24, 2.45) is 5.73 Å². The molecule has 3 heterocycles. The molecular weight excluding hydrogens is 320 g/mol. The van der Waals surface area contributed by atoms with E-state index in [1.165, 1.54) is 19.1 Å². The lowest BCUT2D eigenvalue weighted by atomic mass is 10.2. The third kappa shape index (κ3) is 4.61. The van der Waals surface area contributed by atoms with Gasteiger partial charge in [-0.05, 0) is 18.9 Å². The van der Waals surface area contributed by atoms with Crippen LogP contribution in [0.4, 0.5) is 0 Å². The monoisotopic (exact) mass is 348 g/mol. The maximum absolute atomic E-state index is 12.5. The molecule has 1 aromatic rings. The summed E-state index contributed by atoms with van der Waals surface area (Å²) < 4.78 is 5.24. The molecule has 138 valence electrons. The van der Waals surface area contributed by atoms with Crippen LogP contribution >= 0.6 is 0 Å². The van der Waals surface area contributed by atoms with Crippen LogP contribution in [0.3, 0.4) is 0 Å². The molecule has 2 amide bonds. The van der Waals surface area contributed by atoms with E-state index in [1.807, 2.05) is 9.80 Å². The molecule has 0 unspecified atom stereocenters. The summed E-state index contributed by atoms with van der Waals surface area (Å²) in [6, 6.07) is 1.71. The first-order valence-electron chi connectivity index (χ1n) is 9.24. The van der Waals surface area contributed by atoms with E-state index in [-0.39, 0.29) is 11.8 Å². The molecule has 2 saturated heterocycles. The lowest BCUT2D eigenvalue weighted by molar-refractivity contribution is -0.132. The largest absolute Gasteiger partial charge is 0.467 e. The molecule has 2 aliphatic heterocycles. The lowest BCUT2D eigenvalue weighted by Gasteiger charge is -2.35. The summed E-state index contributed by atoms with van der Waals surface area (Å²) in [7, 11) is 0. The van der Waals surface area contributed by atoms with E-state index in [9.17, 15) is 9.59 Å². The number of nitrogens with zero attached hydrogens (tertiary/aromatic N) is 3. The van der Waals surface area contributed by atoms with Crippen LogP contribution in [0.5, 0.6) is 0 Å². The Bertz CT molecular complexity index is 585. The lowest BCUT2D eigenvalue weighted by Crippen LogP contribution is -2.51. The molecule has 7 heteroatoms. The number of carbonyl (C=O) groups is 2. The van der Waals surface area contributed by atoms with Crippen molar-refractivity contribution in [3.05, 3.63) is 23.7 Å². The fourth-order valence-electron chi connectivity index (χ4n) is 3.50. The van der Waals surface area contributed by atoms with E-state index in [1.54, 1.807) is 6.07 Å². The summed E-state index contributed by atoms with van der Waals surface area (Å²) in [4.78, 5) is 30.9. The molecule has 0 aliphatic carbocycles. The standard InChI is InChI=1S/C18H28N4O3/c19-12-16-11-15(14-25-16)18(24)22-9-7-20(8-10-22)13-17(23)21-5-3-1-2-4-6-21/h11,14H,1-10,12-13,19H2. The number of hydrogen-bond acceptors (Lipinski definition) is 5. The minimum atomic E-state index is -0.0260. The Kier molecular flexibility index (Phi) is 6.09. The fraction of sp³-hybridized carbons (Fsp3) is 0.667. The summed E-state index contributed by atoms with van der Waals surface area (Å²) in [5.74, 6) is 0.816. The highest BCUT2D eigenvalue weighted by molar-refractivity contribution is 5.94. The number of rotatable bonds is 4. The van der Waals surface area contributed by atoms with Gasteiger partial charge in [-0.1, -0.05) is 12.8 Å². The Balaban J connectivity index is 1.46. The number of amides is 2. The predicted molar refractivity (Wildman–Crippen MR) is 94.0 cm³/mol. The normalized spacial score (nSPS) is 19.7. The fourth-order valence-corrected chi connectivity index (χ4v) is 3.50. The van der Waals surface area contributed by atoms with E-state index in [4.69, 9.17) is 10.2 Å². The van der Waals surface area contributed by atoms with Gasteiger partial charge >= 0.3 is 0 Å². The topological polar surface area (TPSA) is 83.0 Å². The third-order valence-electron chi connectivity index (χ3n) is 5.08. The Hall–Kier alpha value is -1.86. The highest BCUT2D eigenvalue weighted by atomic mass is 16.3. The number of likely N-dealkylation sites (tertiary alicyclic amines) is 1. The van der Waals surface area contributed by atoms with Gasteiger partial charge in [0.1, 0.15) is 12.0 Å². The van der Waals surface area contributed by atoms with Crippen molar-refractivity contribution < 1.29 is 14.0 Å². The summed E-state index contributed by atoms with van der Waals surface area (Å²) in [5.41, 5.74) is 6.07. The van der Waals surface area contributed by atoms with Crippen LogP contribution in [-0.2, 0) is 11.3 Å². The van der Waals surface area contributed by atoms with Crippen LogP contribution in [0, 0.1) is 0 Å². The molecule has 0 bridgehead atoms. The summed E-state index contributed by atoms with van der Waals surface area (Å²) in [6.45, 7) is 5.26. The van der Waals surface area contributed by atoms with Crippen molar-refractivity contribution in [1.29, 1.82) is 0 Å². The number of furan rings is 1.